The van der Waals surface area contributed by atoms with Gasteiger partial charge in [0.15, 0.2) is 0 Å². The van der Waals surface area contributed by atoms with Gasteiger partial charge in [0.05, 0.1) is 0 Å². The van der Waals surface area contributed by atoms with Crippen LogP contribution in [0.2, 0.25) is 0 Å². The van der Waals surface area contributed by atoms with Gasteiger partial charge in [-0.25, -0.2) is 4.39 Å². The van der Waals surface area contributed by atoms with Crippen LogP contribution in [0.3, 0.4) is 0 Å². The van der Waals surface area contributed by atoms with E-state index < -0.39 is 0 Å². The van der Waals surface area contributed by atoms with Crippen molar-refractivity contribution in [1.82, 2.24) is 5.32 Å². The molecular weight excluding hydrogens is 277 g/mol. The van der Waals surface area contributed by atoms with Gasteiger partial charge in [0, 0.05) is 21.6 Å². The van der Waals surface area contributed by atoms with Gasteiger partial charge in [-0.2, -0.15) is 0 Å². The van der Waals surface area contributed by atoms with Crippen LogP contribution in [-0.2, 0) is 6.42 Å². The Kier molecular flexibility index (Phi) is 5.89. The van der Waals surface area contributed by atoms with Crippen molar-refractivity contribution in [1.29, 1.82) is 0 Å². The van der Waals surface area contributed by atoms with Crippen LogP contribution in [0, 0.1) is 5.82 Å². The number of halogens is 1. The molecule has 1 unspecified atom stereocenters. The van der Waals surface area contributed by atoms with Crippen LogP contribution in [0.15, 0.2) is 46.7 Å². The van der Waals surface area contributed by atoms with Gasteiger partial charge in [-0.15, -0.1) is 23.1 Å². The Bertz CT molecular complexity index is 485. The van der Waals surface area contributed by atoms with Crippen molar-refractivity contribution in [3.05, 3.63) is 52.5 Å². The van der Waals surface area contributed by atoms with Gasteiger partial charge in [0.1, 0.15) is 5.82 Å². The highest BCUT2D eigenvalue weighted by Crippen LogP contribution is 2.23. The summed E-state index contributed by atoms with van der Waals surface area (Å²) in [5.74, 6) is 0.767. The fraction of sp³-hybridized carbons (Fsp3) is 0.333. The fourth-order valence-electron chi connectivity index (χ4n) is 1.83. The standard InChI is InChI=1S/C15H18FNS2/c1-17-12(8-9-13-5-4-10-18-13)11-19-15-7-3-2-6-14(15)16/h2-7,10,12,17H,8-9,11H2,1H3. The van der Waals surface area contributed by atoms with Crippen LogP contribution in [0.5, 0.6) is 0 Å². The van der Waals surface area contributed by atoms with Gasteiger partial charge >= 0.3 is 0 Å². The van der Waals surface area contributed by atoms with Gasteiger partial charge in [0.2, 0.25) is 0 Å². The molecule has 0 radical (unpaired) electrons. The van der Waals surface area contributed by atoms with Crippen molar-refractivity contribution in [2.45, 2.75) is 23.8 Å². The molecule has 1 atom stereocenters. The van der Waals surface area contributed by atoms with Crippen molar-refractivity contribution in [2.24, 2.45) is 0 Å². The first-order chi connectivity index (χ1) is 9.29. The number of thiophene rings is 1. The molecule has 0 saturated carbocycles. The Hall–Kier alpha value is -0.840. The number of rotatable bonds is 7. The van der Waals surface area contributed by atoms with E-state index in [0.717, 1.165) is 23.5 Å². The molecule has 0 amide bonds. The van der Waals surface area contributed by atoms with E-state index in [4.69, 9.17) is 0 Å². The molecule has 0 aliphatic heterocycles. The molecule has 0 fully saturated rings. The lowest BCUT2D eigenvalue weighted by Gasteiger charge is -2.15. The SMILES string of the molecule is CNC(CCc1cccs1)CSc1ccccc1F. The highest BCUT2D eigenvalue weighted by Gasteiger charge is 2.09. The Labute approximate surface area is 122 Å². The van der Waals surface area contributed by atoms with E-state index in [1.165, 1.54) is 10.9 Å². The molecule has 2 aromatic rings. The van der Waals surface area contributed by atoms with Gasteiger partial charge in [-0.3, -0.25) is 0 Å². The maximum Gasteiger partial charge on any atom is 0.136 e. The first-order valence-corrected chi connectivity index (χ1v) is 8.23. The summed E-state index contributed by atoms with van der Waals surface area (Å²) in [6.07, 6.45) is 2.17. The van der Waals surface area contributed by atoms with E-state index in [-0.39, 0.29) is 5.82 Å². The van der Waals surface area contributed by atoms with Gasteiger partial charge < -0.3 is 5.32 Å². The Morgan fingerprint density at radius 1 is 1.26 bits per heavy atom. The Morgan fingerprint density at radius 2 is 2.11 bits per heavy atom. The van der Waals surface area contributed by atoms with Crippen LogP contribution in [-0.4, -0.2) is 18.8 Å². The Morgan fingerprint density at radius 3 is 2.79 bits per heavy atom. The summed E-state index contributed by atoms with van der Waals surface area (Å²) in [4.78, 5) is 2.15. The van der Waals surface area contributed by atoms with E-state index in [9.17, 15) is 4.39 Å². The van der Waals surface area contributed by atoms with E-state index in [1.807, 2.05) is 19.2 Å². The third kappa shape index (κ3) is 4.64. The molecule has 19 heavy (non-hydrogen) atoms. The number of hydrogen-bond donors (Lipinski definition) is 1. The summed E-state index contributed by atoms with van der Waals surface area (Å²) in [6.45, 7) is 0. The largest absolute Gasteiger partial charge is 0.316 e. The molecule has 1 aromatic heterocycles. The van der Waals surface area contributed by atoms with Gasteiger partial charge in [0.25, 0.3) is 0 Å². The zero-order valence-corrected chi connectivity index (χ0v) is 12.6. The summed E-state index contributed by atoms with van der Waals surface area (Å²) in [5.41, 5.74) is 0. The molecule has 0 aliphatic rings. The van der Waals surface area contributed by atoms with Crippen molar-refractivity contribution in [3.8, 4) is 0 Å². The second-order valence-electron chi connectivity index (χ2n) is 4.35. The van der Waals surface area contributed by atoms with E-state index in [2.05, 4.69) is 22.8 Å². The van der Waals surface area contributed by atoms with Crippen LogP contribution in [0.1, 0.15) is 11.3 Å². The summed E-state index contributed by atoms with van der Waals surface area (Å²) < 4.78 is 13.5. The normalized spacial score (nSPS) is 12.5. The summed E-state index contributed by atoms with van der Waals surface area (Å²) in [7, 11) is 1.97. The van der Waals surface area contributed by atoms with Gasteiger partial charge in [-0.05, 0) is 43.5 Å². The lowest BCUT2D eigenvalue weighted by Crippen LogP contribution is -2.28. The molecule has 0 bridgehead atoms. The highest BCUT2D eigenvalue weighted by molar-refractivity contribution is 7.99. The monoisotopic (exact) mass is 295 g/mol. The zero-order valence-electron chi connectivity index (χ0n) is 10.9. The number of thioether (sulfide) groups is 1. The van der Waals surface area contributed by atoms with Crippen molar-refractivity contribution >= 4 is 23.1 Å². The maximum absolute atomic E-state index is 13.5. The number of nitrogens with one attached hydrogen (secondary N) is 1. The molecule has 2 rings (SSSR count). The lowest BCUT2D eigenvalue weighted by atomic mass is 10.1. The number of aryl methyl sites for hydroxylation is 1. The minimum absolute atomic E-state index is 0.124. The zero-order chi connectivity index (χ0) is 13.5. The average molecular weight is 295 g/mol. The van der Waals surface area contributed by atoms with Crippen LogP contribution >= 0.6 is 23.1 Å². The van der Waals surface area contributed by atoms with Gasteiger partial charge in [-0.1, -0.05) is 18.2 Å². The topological polar surface area (TPSA) is 12.0 Å². The minimum Gasteiger partial charge on any atom is -0.316 e. The molecule has 1 heterocycles. The first-order valence-electron chi connectivity index (χ1n) is 6.36. The second-order valence-corrected chi connectivity index (χ2v) is 6.44. The number of hydrogen-bond acceptors (Lipinski definition) is 3. The second kappa shape index (κ2) is 7.68. The molecule has 1 aromatic carbocycles. The number of benzene rings is 1. The predicted octanol–water partition coefficient (Wildman–Crippen LogP) is 4.20. The smallest absolute Gasteiger partial charge is 0.136 e. The third-order valence-electron chi connectivity index (χ3n) is 3.00. The molecule has 0 aliphatic carbocycles. The summed E-state index contributed by atoms with van der Waals surface area (Å²) in [6, 6.07) is 11.6. The summed E-state index contributed by atoms with van der Waals surface area (Å²) in [5, 5.41) is 5.42. The molecule has 1 nitrogen and oxygen atoms in total. The van der Waals surface area contributed by atoms with Crippen molar-refractivity contribution < 1.29 is 4.39 Å². The quantitative estimate of drug-likeness (QED) is 0.768. The maximum atomic E-state index is 13.5. The predicted molar refractivity (Wildman–Crippen MR) is 82.6 cm³/mol. The molecule has 0 saturated heterocycles. The lowest BCUT2D eigenvalue weighted by molar-refractivity contribution is 0.573. The molecule has 102 valence electrons. The van der Waals surface area contributed by atoms with E-state index in [0.29, 0.717) is 6.04 Å². The molecule has 0 spiro atoms. The van der Waals surface area contributed by atoms with E-state index in [1.54, 1.807) is 29.2 Å². The molecular formula is C15H18FNS2. The van der Waals surface area contributed by atoms with Crippen LogP contribution in [0.25, 0.3) is 0 Å². The average Bonchev–Trinajstić information content (AvgIpc) is 2.94. The van der Waals surface area contributed by atoms with Crippen LogP contribution < -0.4 is 5.32 Å². The highest BCUT2D eigenvalue weighted by atomic mass is 32.2. The van der Waals surface area contributed by atoms with Crippen molar-refractivity contribution in [3.63, 3.8) is 0 Å². The minimum atomic E-state index is -0.124. The fourth-order valence-corrected chi connectivity index (χ4v) is 3.65. The van der Waals surface area contributed by atoms with E-state index >= 15 is 0 Å². The first kappa shape index (κ1) is 14.6. The molecule has 4 heteroatoms. The Balaban J connectivity index is 1.81. The van der Waals surface area contributed by atoms with Crippen molar-refractivity contribution in [2.75, 3.05) is 12.8 Å². The van der Waals surface area contributed by atoms with Crippen LogP contribution in [0.4, 0.5) is 4.39 Å². The third-order valence-corrected chi connectivity index (χ3v) is 5.15. The summed E-state index contributed by atoms with van der Waals surface area (Å²) >= 11 is 3.38. The molecule has 1 N–H and O–H groups in total.